The van der Waals surface area contributed by atoms with Crippen molar-refractivity contribution in [3.63, 3.8) is 0 Å². The molecule has 0 aromatic heterocycles. The highest BCUT2D eigenvalue weighted by atomic mass is 16.4. The first kappa shape index (κ1) is 9.82. The van der Waals surface area contributed by atoms with Gasteiger partial charge in [-0.1, -0.05) is 0 Å². The monoisotopic (exact) mass is 164 g/mol. The van der Waals surface area contributed by atoms with E-state index in [0.717, 1.165) is 0 Å². The Balaban J connectivity index is 4.55. The van der Waals surface area contributed by atoms with Gasteiger partial charge in [0.15, 0.2) is 6.10 Å². The summed E-state index contributed by atoms with van der Waals surface area (Å²) in [6.07, 6.45) is -2.32. The van der Waals surface area contributed by atoms with Crippen molar-refractivity contribution in [2.24, 2.45) is 11.5 Å². The summed E-state index contributed by atoms with van der Waals surface area (Å²) in [5, 5.41) is 24.9. The minimum Gasteiger partial charge on any atom is -0.479 e. The number of carbonyl (C=O) groups is 2. The van der Waals surface area contributed by atoms with Gasteiger partial charge in [0.1, 0.15) is 0 Å². The Bertz CT molecular complexity index is 189. The highest BCUT2D eigenvalue weighted by Crippen LogP contribution is 1.99. The van der Waals surface area contributed by atoms with Crippen molar-refractivity contribution in [3.05, 3.63) is 0 Å². The smallest absolute Gasteiger partial charge is 0.341 e. The molecule has 1 unspecified atom stereocenters. The number of hydrogen-bond donors (Lipinski definition) is 5. The molecule has 0 radical (unpaired) electrons. The Kier molecular flexibility index (Phi) is 2.52. The average Bonchev–Trinajstić information content (AvgIpc) is 1.85. The van der Waals surface area contributed by atoms with Gasteiger partial charge in [-0.15, -0.1) is 0 Å². The topological polar surface area (TPSA) is 147 Å². The van der Waals surface area contributed by atoms with E-state index in [4.69, 9.17) is 26.8 Å². The Morgan fingerprint density at radius 1 is 1.27 bits per heavy atom. The minimum absolute atomic E-state index is 1.78. The summed E-state index contributed by atoms with van der Waals surface area (Å²) in [5.41, 5.74) is 6.86. The Hall–Kier alpha value is -1.18. The summed E-state index contributed by atoms with van der Waals surface area (Å²) < 4.78 is 0. The normalized spacial score (nSPS) is 14.1. The van der Waals surface area contributed by atoms with Crippen LogP contribution in [-0.4, -0.2) is 39.0 Å². The lowest BCUT2D eigenvalue weighted by Gasteiger charge is -2.21. The van der Waals surface area contributed by atoms with Crippen molar-refractivity contribution in [2.45, 2.75) is 11.8 Å². The first-order valence-corrected chi connectivity index (χ1v) is 2.52. The Morgan fingerprint density at radius 3 is 1.73 bits per heavy atom. The summed E-state index contributed by atoms with van der Waals surface area (Å²) in [6, 6.07) is 0. The van der Waals surface area contributed by atoms with Crippen molar-refractivity contribution < 1.29 is 24.9 Å². The highest BCUT2D eigenvalue weighted by molar-refractivity contribution is 5.87. The molecule has 0 aliphatic rings. The van der Waals surface area contributed by atoms with Crippen LogP contribution in [0.3, 0.4) is 0 Å². The standard InChI is InChI=1S/C4H8N2O5/c5-4(6,3(10)11)1(7)2(8)9/h1,7H,5-6H2,(H,8,9)(H,10,11). The maximum atomic E-state index is 10.1. The van der Waals surface area contributed by atoms with Crippen molar-refractivity contribution in [1.29, 1.82) is 0 Å². The Morgan fingerprint density at radius 2 is 1.64 bits per heavy atom. The highest BCUT2D eigenvalue weighted by Gasteiger charge is 2.42. The molecule has 7 N–H and O–H groups in total. The van der Waals surface area contributed by atoms with E-state index in [-0.39, 0.29) is 0 Å². The number of aliphatic hydroxyl groups is 1. The zero-order valence-electron chi connectivity index (χ0n) is 5.39. The molecule has 0 heterocycles. The van der Waals surface area contributed by atoms with E-state index in [1.54, 1.807) is 0 Å². The third kappa shape index (κ3) is 1.87. The van der Waals surface area contributed by atoms with Crippen molar-refractivity contribution in [3.8, 4) is 0 Å². The van der Waals surface area contributed by atoms with Crippen LogP contribution in [0.2, 0.25) is 0 Å². The van der Waals surface area contributed by atoms with Crippen molar-refractivity contribution in [2.75, 3.05) is 0 Å². The molecule has 0 spiro atoms. The second kappa shape index (κ2) is 2.82. The van der Waals surface area contributed by atoms with Gasteiger partial charge in [-0.05, 0) is 0 Å². The number of hydrogen-bond acceptors (Lipinski definition) is 5. The second-order valence-corrected chi connectivity index (χ2v) is 1.98. The first-order chi connectivity index (χ1) is 4.80. The average molecular weight is 164 g/mol. The van der Waals surface area contributed by atoms with E-state index in [0.29, 0.717) is 0 Å². The van der Waals surface area contributed by atoms with Crippen LogP contribution >= 0.6 is 0 Å². The molecule has 0 aromatic carbocycles. The predicted molar refractivity (Wildman–Crippen MR) is 32.4 cm³/mol. The Labute approximate surface area is 61.2 Å². The molecule has 0 bridgehead atoms. The fraction of sp³-hybridized carbons (Fsp3) is 0.500. The van der Waals surface area contributed by atoms with Gasteiger partial charge in [-0.2, -0.15) is 0 Å². The van der Waals surface area contributed by atoms with Crippen LogP contribution in [0.25, 0.3) is 0 Å². The van der Waals surface area contributed by atoms with Crippen molar-refractivity contribution >= 4 is 11.9 Å². The van der Waals surface area contributed by atoms with E-state index in [9.17, 15) is 9.59 Å². The molecular formula is C4H8N2O5. The summed E-state index contributed by atoms with van der Waals surface area (Å²) in [4.78, 5) is 20.1. The summed E-state index contributed by atoms with van der Waals surface area (Å²) in [5.74, 6) is -3.56. The maximum Gasteiger partial charge on any atom is 0.341 e. The molecule has 0 aromatic rings. The van der Waals surface area contributed by atoms with E-state index < -0.39 is 23.7 Å². The molecule has 7 heteroatoms. The lowest BCUT2D eigenvalue weighted by molar-refractivity contribution is -0.161. The number of nitrogens with two attached hydrogens (primary N) is 2. The molecule has 0 fully saturated rings. The van der Waals surface area contributed by atoms with E-state index >= 15 is 0 Å². The molecule has 0 aliphatic heterocycles. The molecule has 64 valence electrons. The molecule has 0 saturated carbocycles. The quantitative estimate of drug-likeness (QED) is 0.281. The van der Waals surface area contributed by atoms with Gasteiger partial charge >= 0.3 is 11.9 Å². The van der Waals surface area contributed by atoms with Crippen LogP contribution in [0.5, 0.6) is 0 Å². The van der Waals surface area contributed by atoms with Gasteiger partial charge in [0.05, 0.1) is 0 Å². The molecule has 0 amide bonds. The summed E-state index contributed by atoms with van der Waals surface area (Å²) in [7, 11) is 0. The van der Waals surface area contributed by atoms with Crippen LogP contribution < -0.4 is 11.5 Å². The third-order valence-corrected chi connectivity index (χ3v) is 1.06. The van der Waals surface area contributed by atoms with Gasteiger partial charge in [-0.3, -0.25) is 0 Å². The molecular weight excluding hydrogens is 156 g/mol. The largest absolute Gasteiger partial charge is 0.479 e. The number of aliphatic carboxylic acids is 2. The number of carboxylic acids is 2. The van der Waals surface area contributed by atoms with Gasteiger partial charge in [0, 0.05) is 0 Å². The molecule has 11 heavy (non-hydrogen) atoms. The molecule has 0 aliphatic carbocycles. The zero-order chi connectivity index (χ0) is 9.23. The molecule has 0 saturated heterocycles. The SMILES string of the molecule is NC(N)(C(=O)O)C(O)C(=O)O. The van der Waals surface area contributed by atoms with Crippen LogP contribution in [-0.2, 0) is 9.59 Å². The summed E-state index contributed by atoms with van der Waals surface area (Å²) in [6.45, 7) is 0. The van der Waals surface area contributed by atoms with Crippen LogP contribution in [0, 0.1) is 0 Å². The van der Waals surface area contributed by atoms with Crippen molar-refractivity contribution in [1.82, 2.24) is 0 Å². The van der Waals surface area contributed by atoms with E-state index in [1.807, 2.05) is 0 Å². The van der Waals surface area contributed by atoms with Crippen LogP contribution in [0.4, 0.5) is 0 Å². The lowest BCUT2D eigenvalue weighted by atomic mass is 10.1. The van der Waals surface area contributed by atoms with E-state index in [1.165, 1.54) is 0 Å². The van der Waals surface area contributed by atoms with E-state index in [2.05, 4.69) is 0 Å². The first-order valence-electron chi connectivity index (χ1n) is 2.52. The zero-order valence-corrected chi connectivity index (χ0v) is 5.39. The number of carboxylic acid groups (broad SMARTS) is 2. The fourth-order valence-electron chi connectivity index (χ4n) is 0.321. The van der Waals surface area contributed by atoms with Crippen LogP contribution in [0.1, 0.15) is 0 Å². The third-order valence-electron chi connectivity index (χ3n) is 1.06. The molecule has 0 rings (SSSR count). The van der Waals surface area contributed by atoms with Crippen LogP contribution in [0.15, 0.2) is 0 Å². The van der Waals surface area contributed by atoms with Gasteiger partial charge < -0.3 is 26.8 Å². The van der Waals surface area contributed by atoms with Gasteiger partial charge in [0.25, 0.3) is 0 Å². The second-order valence-electron chi connectivity index (χ2n) is 1.98. The number of rotatable bonds is 3. The summed E-state index contributed by atoms with van der Waals surface area (Å²) >= 11 is 0. The number of aliphatic hydroxyl groups excluding tert-OH is 1. The van der Waals surface area contributed by atoms with Gasteiger partial charge in [-0.25, -0.2) is 9.59 Å². The molecule has 1 atom stereocenters. The fourth-order valence-corrected chi connectivity index (χ4v) is 0.321. The molecule has 7 nitrogen and oxygen atoms in total. The van der Waals surface area contributed by atoms with Gasteiger partial charge in [0.2, 0.25) is 5.66 Å². The lowest BCUT2D eigenvalue weighted by Crippen LogP contribution is -2.66. The minimum atomic E-state index is -2.65. The predicted octanol–water partition coefficient (Wildman–Crippen LogP) is -2.87. The maximum absolute atomic E-state index is 10.1.